The highest BCUT2D eigenvalue weighted by Crippen LogP contribution is 2.22. The average molecular weight is 307 g/mol. The number of hydrogen-bond donors (Lipinski definition) is 2. The highest BCUT2D eigenvalue weighted by Gasteiger charge is 2.16. The SMILES string of the molecule is CCCC[C@H](NCc1cc(Cl)cc2cccnc12)C(=O)O. The molecular weight excluding hydrogens is 288 g/mol. The second kappa shape index (κ2) is 7.38. The average Bonchev–Trinajstić information content (AvgIpc) is 2.46. The van der Waals surface area contributed by atoms with Crippen molar-refractivity contribution in [2.75, 3.05) is 0 Å². The zero-order valence-corrected chi connectivity index (χ0v) is 12.7. The Hall–Kier alpha value is -1.65. The Balaban J connectivity index is 2.17. The van der Waals surface area contributed by atoms with Gasteiger partial charge in [-0.3, -0.25) is 9.78 Å². The third-order valence-electron chi connectivity index (χ3n) is 3.43. The number of benzene rings is 1. The van der Waals surface area contributed by atoms with Crippen LogP contribution < -0.4 is 5.32 Å². The van der Waals surface area contributed by atoms with Crippen molar-refractivity contribution in [2.45, 2.75) is 38.8 Å². The van der Waals surface area contributed by atoms with Crippen LogP contribution in [0.1, 0.15) is 31.7 Å². The molecule has 2 rings (SSSR count). The molecule has 0 fully saturated rings. The topological polar surface area (TPSA) is 62.2 Å². The van der Waals surface area contributed by atoms with Gasteiger partial charge < -0.3 is 10.4 Å². The molecule has 0 saturated carbocycles. The molecule has 0 bridgehead atoms. The Morgan fingerprint density at radius 3 is 3.00 bits per heavy atom. The normalized spacial score (nSPS) is 12.5. The number of hydrogen-bond acceptors (Lipinski definition) is 3. The second-order valence-electron chi connectivity index (χ2n) is 5.05. The summed E-state index contributed by atoms with van der Waals surface area (Å²) in [6, 6.07) is 6.96. The van der Waals surface area contributed by atoms with Crippen LogP contribution >= 0.6 is 11.6 Å². The molecule has 5 heteroatoms. The number of carboxylic acids is 1. The number of pyridine rings is 1. The molecule has 0 aliphatic carbocycles. The number of nitrogens with zero attached hydrogens (tertiary/aromatic N) is 1. The van der Waals surface area contributed by atoms with Crippen molar-refractivity contribution in [3.8, 4) is 0 Å². The minimum atomic E-state index is -0.817. The van der Waals surface area contributed by atoms with E-state index in [1.807, 2.05) is 31.2 Å². The maximum absolute atomic E-state index is 11.3. The van der Waals surface area contributed by atoms with Crippen LogP contribution in [0.3, 0.4) is 0 Å². The molecule has 0 saturated heterocycles. The molecule has 0 unspecified atom stereocenters. The largest absolute Gasteiger partial charge is 0.480 e. The first-order chi connectivity index (χ1) is 10.1. The van der Waals surface area contributed by atoms with Gasteiger partial charge in [-0.05, 0) is 30.2 Å². The van der Waals surface area contributed by atoms with E-state index in [9.17, 15) is 9.90 Å². The lowest BCUT2D eigenvalue weighted by Gasteiger charge is -2.15. The third-order valence-corrected chi connectivity index (χ3v) is 3.65. The van der Waals surface area contributed by atoms with E-state index in [-0.39, 0.29) is 0 Å². The molecule has 4 nitrogen and oxygen atoms in total. The summed E-state index contributed by atoms with van der Waals surface area (Å²) >= 11 is 6.11. The molecule has 0 spiro atoms. The summed E-state index contributed by atoms with van der Waals surface area (Å²) in [6.45, 7) is 2.49. The first kappa shape index (κ1) is 15.7. The standard InChI is InChI=1S/C16H19ClN2O2/c1-2-3-6-14(16(20)21)19-10-12-9-13(17)8-11-5-4-7-18-15(11)12/h4-5,7-9,14,19H,2-3,6,10H2,1H3,(H,20,21)/t14-/m0/s1. The monoisotopic (exact) mass is 306 g/mol. The van der Waals surface area contributed by atoms with Crippen molar-refractivity contribution in [2.24, 2.45) is 0 Å². The molecule has 1 aromatic carbocycles. The number of unbranched alkanes of at least 4 members (excludes halogenated alkanes) is 1. The second-order valence-corrected chi connectivity index (χ2v) is 5.49. The van der Waals surface area contributed by atoms with E-state index in [1.54, 1.807) is 6.20 Å². The molecule has 112 valence electrons. The van der Waals surface area contributed by atoms with Crippen LogP contribution in [0.25, 0.3) is 10.9 Å². The number of carbonyl (C=O) groups is 1. The Kier molecular flexibility index (Phi) is 5.53. The summed E-state index contributed by atoms with van der Waals surface area (Å²) in [5.74, 6) is -0.817. The van der Waals surface area contributed by atoms with Gasteiger partial charge in [0.05, 0.1) is 5.52 Å². The van der Waals surface area contributed by atoms with Crippen LogP contribution in [0.4, 0.5) is 0 Å². The lowest BCUT2D eigenvalue weighted by Crippen LogP contribution is -2.36. The highest BCUT2D eigenvalue weighted by atomic mass is 35.5. The van der Waals surface area contributed by atoms with Gasteiger partial charge in [0.25, 0.3) is 0 Å². The van der Waals surface area contributed by atoms with Crippen molar-refractivity contribution in [1.29, 1.82) is 0 Å². The molecular formula is C16H19ClN2O2. The first-order valence-electron chi connectivity index (χ1n) is 7.11. The Morgan fingerprint density at radius 2 is 2.29 bits per heavy atom. The molecule has 1 atom stereocenters. The minimum Gasteiger partial charge on any atom is -0.480 e. The fourth-order valence-electron chi connectivity index (χ4n) is 2.32. The smallest absolute Gasteiger partial charge is 0.320 e. The van der Waals surface area contributed by atoms with Crippen LogP contribution in [0.15, 0.2) is 30.5 Å². The van der Waals surface area contributed by atoms with E-state index in [1.165, 1.54) is 0 Å². The number of carboxylic acid groups (broad SMARTS) is 1. The van der Waals surface area contributed by atoms with Gasteiger partial charge in [0, 0.05) is 23.2 Å². The number of aromatic nitrogens is 1. The number of fused-ring (bicyclic) bond motifs is 1. The molecule has 0 aliphatic heterocycles. The first-order valence-corrected chi connectivity index (χ1v) is 7.49. The number of nitrogens with one attached hydrogen (secondary N) is 1. The number of rotatable bonds is 7. The van der Waals surface area contributed by atoms with Gasteiger partial charge >= 0.3 is 5.97 Å². The fourth-order valence-corrected chi connectivity index (χ4v) is 2.57. The molecule has 1 heterocycles. The molecule has 1 aromatic heterocycles. The Labute approximate surface area is 129 Å². The maximum Gasteiger partial charge on any atom is 0.320 e. The van der Waals surface area contributed by atoms with E-state index in [0.717, 1.165) is 29.3 Å². The third kappa shape index (κ3) is 4.16. The summed E-state index contributed by atoms with van der Waals surface area (Å²) < 4.78 is 0. The summed E-state index contributed by atoms with van der Waals surface area (Å²) in [4.78, 5) is 15.6. The maximum atomic E-state index is 11.3. The van der Waals surface area contributed by atoms with E-state index < -0.39 is 12.0 Å². The van der Waals surface area contributed by atoms with Gasteiger partial charge in [0.15, 0.2) is 0 Å². The van der Waals surface area contributed by atoms with Crippen LogP contribution in [0.5, 0.6) is 0 Å². The lowest BCUT2D eigenvalue weighted by molar-refractivity contribution is -0.139. The predicted molar refractivity (Wildman–Crippen MR) is 84.5 cm³/mol. The number of halogens is 1. The van der Waals surface area contributed by atoms with Gasteiger partial charge in [-0.1, -0.05) is 37.4 Å². The highest BCUT2D eigenvalue weighted by molar-refractivity contribution is 6.31. The van der Waals surface area contributed by atoms with Crippen LogP contribution in [0.2, 0.25) is 5.02 Å². The zero-order chi connectivity index (χ0) is 15.2. The Morgan fingerprint density at radius 1 is 1.48 bits per heavy atom. The molecule has 0 radical (unpaired) electrons. The van der Waals surface area contributed by atoms with Gasteiger partial charge in [0.1, 0.15) is 6.04 Å². The van der Waals surface area contributed by atoms with Crippen LogP contribution in [-0.2, 0) is 11.3 Å². The van der Waals surface area contributed by atoms with Crippen molar-refractivity contribution < 1.29 is 9.90 Å². The zero-order valence-electron chi connectivity index (χ0n) is 12.0. The molecule has 2 aromatic rings. The van der Waals surface area contributed by atoms with E-state index >= 15 is 0 Å². The minimum absolute atomic E-state index is 0.439. The quantitative estimate of drug-likeness (QED) is 0.820. The molecule has 21 heavy (non-hydrogen) atoms. The van der Waals surface area contributed by atoms with Crippen molar-refractivity contribution >= 4 is 28.5 Å². The van der Waals surface area contributed by atoms with Gasteiger partial charge in [-0.25, -0.2) is 0 Å². The van der Waals surface area contributed by atoms with Gasteiger partial charge in [-0.2, -0.15) is 0 Å². The summed E-state index contributed by atoms with van der Waals surface area (Å²) in [7, 11) is 0. The molecule has 0 amide bonds. The van der Waals surface area contributed by atoms with E-state index in [2.05, 4.69) is 10.3 Å². The summed E-state index contributed by atoms with van der Waals surface area (Å²) in [5, 5.41) is 13.9. The van der Waals surface area contributed by atoms with E-state index in [4.69, 9.17) is 11.6 Å². The van der Waals surface area contributed by atoms with Gasteiger partial charge in [-0.15, -0.1) is 0 Å². The molecule has 2 N–H and O–H groups in total. The fraction of sp³-hybridized carbons (Fsp3) is 0.375. The predicted octanol–water partition coefficient (Wildman–Crippen LogP) is 3.62. The summed E-state index contributed by atoms with van der Waals surface area (Å²) in [5.41, 5.74) is 1.77. The Bertz CT molecular complexity index is 631. The van der Waals surface area contributed by atoms with Crippen molar-refractivity contribution in [1.82, 2.24) is 10.3 Å². The lowest BCUT2D eigenvalue weighted by atomic mass is 10.1. The van der Waals surface area contributed by atoms with Crippen molar-refractivity contribution in [3.05, 3.63) is 41.0 Å². The number of aliphatic carboxylic acids is 1. The summed E-state index contributed by atoms with van der Waals surface area (Å²) in [6.07, 6.45) is 4.22. The van der Waals surface area contributed by atoms with Crippen LogP contribution in [-0.4, -0.2) is 22.1 Å². The molecule has 0 aliphatic rings. The van der Waals surface area contributed by atoms with E-state index in [0.29, 0.717) is 18.0 Å². The van der Waals surface area contributed by atoms with Crippen molar-refractivity contribution in [3.63, 3.8) is 0 Å². The van der Waals surface area contributed by atoms with Gasteiger partial charge in [0.2, 0.25) is 0 Å². The van der Waals surface area contributed by atoms with Crippen LogP contribution in [0, 0.1) is 0 Å².